The average molecular weight is 415 g/mol. The molecule has 0 aliphatic carbocycles. The third kappa shape index (κ3) is 5.37. The summed E-state index contributed by atoms with van der Waals surface area (Å²) >= 11 is 6.50. The van der Waals surface area contributed by atoms with Crippen molar-refractivity contribution < 1.29 is 4.79 Å². The van der Waals surface area contributed by atoms with Crippen LogP contribution in [0.15, 0.2) is 66.2 Å². The average Bonchev–Trinajstić information content (AvgIpc) is 2.69. The summed E-state index contributed by atoms with van der Waals surface area (Å²) in [6.45, 7) is 6.06. The summed E-state index contributed by atoms with van der Waals surface area (Å²) in [7, 11) is 0. The summed E-state index contributed by atoms with van der Waals surface area (Å²) in [5, 5.41) is 12.9. The van der Waals surface area contributed by atoms with E-state index in [9.17, 15) is 10.1 Å². The molecule has 3 aromatic rings. The van der Waals surface area contributed by atoms with Gasteiger partial charge in [-0.2, -0.15) is 5.26 Å². The van der Waals surface area contributed by atoms with Crippen LogP contribution in [0.1, 0.15) is 33.4 Å². The molecule has 0 unspecified atom stereocenters. The number of amides is 1. The topological polar surface area (TPSA) is 52.9 Å². The maximum absolute atomic E-state index is 12.5. The maximum atomic E-state index is 12.5. The minimum absolute atomic E-state index is 0.0244. The van der Waals surface area contributed by atoms with Crippen molar-refractivity contribution in [3.05, 3.63) is 105 Å². The van der Waals surface area contributed by atoms with Crippen molar-refractivity contribution in [3.63, 3.8) is 0 Å². The van der Waals surface area contributed by atoms with Gasteiger partial charge in [0.1, 0.15) is 11.6 Å². The number of hydrogen-bond acceptors (Lipinski definition) is 2. The van der Waals surface area contributed by atoms with Gasteiger partial charge in [0.2, 0.25) is 0 Å². The molecule has 0 bridgehead atoms. The minimum Gasteiger partial charge on any atom is -0.321 e. The number of nitrogens with zero attached hydrogens (tertiary/aromatic N) is 1. The van der Waals surface area contributed by atoms with Crippen LogP contribution >= 0.6 is 11.6 Å². The Bertz CT molecular complexity index is 1150. The minimum atomic E-state index is -0.442. The quantitative estimate of drug-likeness (QED) is 0.387. The number of aryl methyl sites for hydroxylation is 3. The van der Waals surface area contributed by atoms with Crippen molar-refractivity contribution in [3.8, 4) is 6.07 Å². The molecule has 0 radical (unpaired) electrons. The maximum Gasteiger partial charge on any atom is 0.266 e. The van der Waals surface area contributed by atoms with Gasteiger partial charge in [0.25, 0.3) is 5.91 Å². The Kier molecular flexibility index (Phi) is 6.72. The van der Waals surface area contributed by atoms with E-state index in [1.807, 2.05) is 43.3 Å². The van der Waals surface area contributed by atoms with Gasteiger partial charge in [-0.25, -0.2) is 0 Å². The van der Waals surface area contributed by atoms with Gasteiger partial charge >= 0.3 is 0 Å². The normalized spacial score (nSPS) is 11.1. The number of nitrogens with one attached hydrogen (secondary N) is 1. The van der Waals surface area contributed by atoms with Crippen LogP contribution < -0.4 is 5.32 Å². The van der Waals surface area contributed by atoms with E-state index >= 15 is 0 Å². The lowest BCUT2D eigenvalue weighted by Crippen LogP contribution is -2.14. The molecule has 0 spiro atoms. The van der Waals surface area contributed by atoms with E-state index in [0.29, 0.717) is 16.3 Å². The van der Waals surface area contributed by atoms with Gasteiger partial charge in [0, 0.05) is 10.7 Å². The number of carbonyl (C=O) groups excluding carboxylic acids is 1. The molecule has 30 heavy (non-hydrogen) atoms. The molecule has 0 aliphatic heterocycles. The molecule has 0 aliphatic rings. The predicted octanol–water partition coefficient (Wildman–Crippen LogP) is 6.40. The molecule has 3 aromatic carbocycles. The van der Waals surface area contributed by atoms with Crippen LogP contribution in [0.25, 0.3) is 6.08 Å². The number of carbonyl (C=O) groups is 1. The van der Waals surface area contributed by atoms with E-state index in [-0.39, 0.29) is 5.57 Å². The van der Waals surface area contributed by atoms with E-state index in [1.165, 1.54) is 16.7 Å². The lowest BCUT2D eigenvalue weighted by molar-refractivity contribution is -0.112. The van der Waals surface area contributed by atoms with Gasteiger partial charge in [0.15, 0.2) is 0 Å². The van der Waals surface area contributed by atoms with Crippen molar-refractivity contribution in [2.24, 2.45) is 0 Å². The largest absolute Gasteiger partial charge is 0.321 e. The Hall–Kier alpha value is -3.35. The van der Waals surface area contributed by atoms with Crippen LogP contribution in [0.2, 0.25) is 5.02 Å². The molecule has 1 N–H and O–H groups in total. The molecule has 0 saturated heterocycles. The third-order valence-electron chi connectivity index (χ3n) is 4.82. The fourth-order valence-electron chi connectivity index (χ4n) is 3.41. The number of hydrogen-bond donors (Lipinski definition) is 1. The Labute approximate surface area is 182 Å². The zero-order valence-corrected chi connectivity index (χ0v) is 18.0. The predicted molar refractivity (Wildman–Crippen MR) is 124 cm³/mol. The van der Waals surface area contributed by atoms with Crippen molar-refractivity contribution in [2.75, 3.05) is 5.32 Å². The SMILES string of the molecule is Cc1cc(C)cc(Cc2ccc(/C=C(\C#N)C(=O)Nc3ccccc3C)cc2Cl)c1. The second-order valence-electron chi connectivity index (χ2n) is 7.46. The van der Waals surface area contributed by atoms with Crippen LogP contribution in [0.3, 0.4) is 0 Å². The number of para-hydroxylation sites is 1. The highest BCUT2D eigenvalue weighted by atomic mass is 35.5. The number of anilines is 1. The van der Waals surface area contributed by atoms with Crippen molar-refractivity contribution >= 4 is 29.3 Å². The third-order valence-corrected chi connectivity index (χ3v) is 5.17. The lowest BCUT2D eigenvalue weighted by Gasteiger charge is -2.09. The number of halogens is 1. The van der Waals surface area contributed by atoms with E-state index in [1.54, 1.807) is 18.2 Å². The summed E-state index contributed by atoms with van der Waals surface area (Å²) in [5.74, 6) is -0.442. The van der Waals surface area contributed by atoms with Crippen molar-refractivity contribution in [1.82, 2.24) is 0 Å². The van der Waals surface area contributed by atoms with Gasteiger partial charge in [-0.3, -0.25) is 4.79 Å². The number of rotatable bonds is 5. The molecule has 0 saturated carbocycles. The second-order valence-corrected chi connectivity index (χ2v) is 7.87. The fraction of sp³-hybridized carbons (Fsp3) is 0.154. The first-order valence-corrected chi connectivity index (χ1v) is 10.1. The molecular formula is C26H23ClN2O. The molecule has 3 rings (SSSR count). The molecule has 0 atom stereocenters. The summed E-state index contributed by atoms with van der Waals surface area (Å²) in [6.07, 6.45) is 2.28. The Morgan fingerprint density at radius 3 is 2.37 bits per heavy atom. The first-order chi connectivity index (χ1) is 14.4. The summed E-state index contributed by atoms with van der Waals surface area (Å²) in [6, 6.07) is 21.5. The second kappa shape index (κ2) is 9.43. The molecule has 4 heteroatoms. The van der Waals surface area contributed by atoms with Gasteiger partial charge < -0.3 is 5.32 Å². The highest BCUT2D eigenvalue weighted by Gasteiger charge is 2.11. The van der Waals surface area contributed by atoms with Crippen molar-refractivity contribution in [2.45, 2.75) is 27.2 Å². The molecule has 0 aromatic heterocycles. The zero-order chi connectivity index (χ0) is 21.7. The smallest absolute Gasteiger partial charge is 0.266 e. The molecule has 0 heterocycles. The van der Waals surface area contributed by atoms with Gasteiger partial charge in [0.05, 0.1) is 0 Å². The highest BCUT2D eigenvalue weighted by molar-refractivity contribution is 6.31. The van der Waals surface area contributed by atoms with E-state index in [4.69, 9.17) is 11.6 Å². The van der Waals surface area contributed by atoms with Crippen LogP contribution in [0.4, 0.5) is 5.69 Å². The Morgan fingerprint density at radius 2 is 1.73 bits per heavy atom. The lowest BCUT2D eigenvalue weighted by atomic mass is 9.99. The first kappa shape index (κ1) is 21.4. The summed E-state index contributed by atoms with van der Waals surface area (Å²) in [5.41, 5.74) is 7.00. The number of nitriles is 1. The first-order valence-electron chi connectivity index (χ1n) is 9.70. The molecule has 0 fully saturated rings. The zero-order valence-electron chi connectivity index (χ0n) is 17.3. The fourth-order valence-corrected chi connectivity index (χ4v) is 3.66. The molecule has 3 nitrogen and oxygen atoms in total. The molecule has 150 valence electrons. The molecular weight excluding hydrogens is 392 g/mol. The van der Waals surface area contributed by atoms with E-state index in [0.717, 1.165) is 17.5 Å². The number of benzene rings is 3. The van der Waals surface area contributed by atoms with Gasteiger partial charge in [-0.15, -0.1) is 0 Å². The summed E-state index contributed by atoms with van der Waals surface area (Å²) < 4.78 is 0. The monoisotopic (exact) mass is 414 g/mol. The van der Waals surface area contributed by atoms with E-state index < -0.39 is 5.91 Å². The van der Waals surface area contributed by atoms with Crippen LogP contribution in [0, 0.1) is 32.1 Å². The molecule has 1 amide bonds. The highest BCUT2D eigenvalue weighted by Crippen LogP contribution is 2.24. The van der Waals surface area contributed by atoms with Crippen LogP contribution in [0.5, 0.6) is 0 Å². The van der Waals surface area contributed by atoms with Gasteiger partial charge in [-0.1, -0.05) is 71.3 Å². The van der Waals surface area contributed by atoms with Crippen LogP contribution in [-0.2, 0) is 11.2 Å². The Balaban J connectivity index is 1.80. The summed E-state index contributed by atoms with van der Waals surface area (Å²) in [4.78, 5) is 12.5. The van der Waals surface area contributed by atoms with Crippen molar-refractivity contribution in [1.29, 1.82) is 5.26 Å². The van der Waals surface area contributed by atoms with E-state index in [2.05, 4.69) is 37.4 Å². The standard InChI is InChI=1S/C26H23ClN2O/c1-17-10-18(2)12-21(11-17)14-22-9-8-20(15-24(22)27)13-23(16-28)26(30)29-25-7-5-4-6-19(25)3/h4-13,15H,14H2,1-3H3,(H,29,30)/b23-13+. The van der Waals surface area contributed by atoms with Gasteiger partial charge in [-0.05, 0) is 67.7 Å². The van der Waals surface area contributed by atoms with Crippen LogP contribution in [-0.4, -0.2) is 5.91 Å². The Morgan fingerprint density at radius 1 is 1.03 bits per heavy atom.